The third-order valence-corrected chi connectivity index (χ3v) is 6.10. The molecular formula is C23H23Cl3N2O2. The van der Waals surface area contributed by atoms with E-state index in [9.17, 15) is 0 Å². The molecule has 0 radical (unpaired) electrons. The number of aromatic nitrogens is 2. The van der Waals surface area contributed by atoms with E-state index >= 15 is 0 Å². The lowest BCUT2D eigenvalue weighted by atomic mass is 10.0. The highest BCUT2D eigenvalue weighted by molar-refractivity contribution is 6.35. The molecule has 4 nitrogen and oxygen atoms in total. The van der Waals surface area contributed by atoms with Gasteiger partial charge in [-0.2, -0.15) is 0 Å². The van der Waals surface area contributed by atoms with Crippen LogP contribution in [-0.4, -0.2) is 21.9 Å². The summed E-state index contributed by atoms with van der Waals surface area (Å²) >= 11 is 18.6. The summed E-state index contributed by atoms with van der Waals surface area (Å²) in [7, 11) is 0. The van der Waals surface area contributed by atoms with Gasteiger partial charge in [0.15, 0.2) is 6.29 Å². The second-order valence-corrected chi connectivity index (χ2v) is 8.77. The Labute approximate surface area is 191 Å². The van der Waals surface area contributed by atoms with Gasteiger partial charge in [0.1, 0.15) is 0 Å². The number of imidazole rings is 1. The van der Waals surface area contributed by atoms with Crippen molar-refractivity contribution in [1.29, 1.82) is 0 Å². The van der Waals surface area contributed by atoms with Crippen molar-refractivity contribution < 1.29 is 9.47 Å². The largest absolute Gasteiger partial charge is 0.348 e. The van der Waals surface area contributed by atoms with Gasteiger partial charge in [-0.25, -0.2) is 4.98 Å². The maximum atomic E-state index is 6.47. The molecule has 2 heterocycles. The first kappa shape index (κ1) is 21.7. The smallest absolute Gasteiger partial charge is 0.158 e. The summed E-state index contributed by atoms with van der Waals surface area (Å²) in [6.45, 7) is 0.772. The van der Waals surface area contributed by atoms with E-state index in [1.807, 2.05) is 53.5 Å². The van der Waals surface area contributed by atoms with E-state index in [0.29, 0.717) is 21.5 Å². The molecule has 0 saturated carbocycles. The van der Waals surface area contributed by atoms with Gasteiger partial charge in [0.25, 0.3) is 0 Å². The van der Waals surface area contributed by atoms with Gasteiger partial charge >= 0.3 is 0 Å². The predicted molar refractivity (Wildman–Crippen MR) is 120 cm³/mol. The van der Waals surface area contributed by atoms with Gasteiger partial charge in [-0.15, -0.1) is 0 Å². The van der Waals surface area contributed by atoms with Crippen LogP contribution in [0.5, 0.6) is 0 Å². The minimum Gasteiger partial charge on any atom is -0.348 e. The average molecular weight is 466 g/mol. The minimum atomic E-state index is -0.279. The Morgan fingerprint density at radius 3 is 2.60 bits per heavy atom. The van der Waals surface area contributed by atoms with Gasteiger partial charge in [0, 0.05) is 40.4 Å². The lowest BCUT2D eigenvalue weighted by Crippen LogP contribution is -2.33. The molecular weight excluding hydrogens is 443 g/mol. The second kappa shape index (κ2) is 10.2. The Kier molecular flexibility index (Phi) is 7.34. The Balaban J connectivity index is 1.49. The molecule has 0 spiro atoms. The quantitative estimate of drug-likeness (QED) is 0.388. The molecule has 0 bridgehead atoms. The lowest BCUT2D eigenvalue weighted by Gasteiger charge is -2.33. The third-order valence-electron chi connectivity index (χ3n) is 5.26. The van der Waals surface area contributed by atoms with Crippen LogP contribution in [0, 0.1) is 0 Å². The van der Waals surface area contributed by atoms with Crippen molar-refractivity contribution >= 4 is 34.8 Å². The number of rotatable bonds is 7. The fourth-order valence-electron chi connectivity index (χ4n) is 3.72. The average Bonchev–Trinajstić information content (AvgIpc) is 3.23. The standard InChI is InChI=1S/C23H23Cl3N2O2/c24-18-7-4-16(5-8-18)22(12-17-6-9-19(25)13-21(17)26)30-23-3-1-2-20(29-23)14-28-11-10-27-15-28/h4-11,13,15,20,22-23H,1-3,12,14H2/t20-,22?,23+/m1/s1. The summed E-state index contributed by atoms with van der Waals surface area (Å²) in [5, 5.41) is 1.94. The van der Waals surface area contributed by atoms with E-state index in [0.717, 1.165) is 36.9 Å². The lowest BCUT2D eigenvalue weighted by molar-refractivity contribution is -0.218. The summed E-state index contributed by atoms with van der Waals surface area (Å²) in [6, 6.07) is 13.3. The number of benzene rings is 2. The molecule has 0 aliphatic carbocycles. The topological polar surface area (TPSA) is 36.3 Å². The number of hydrogen-bond donors (Lipinski definition) is 0. The first-order chi connectivity index (χ1) is 14.6. The van der Waals surface area contributed by atoms with Gasteiger partial charge in [-0.1, -0.05) is 53.0 Å². The highest BCUT2D eigenvalue weighted by Gasteiger charge is 2.27. The van der Waals surface area contributed by atoms with Crippen molar-refractivity contribution in [3.8, 4) is 0 Å². The molecule has 1 aliphatic rings. The fourth-order valence-corrected chi connectivity index (χ4v) is 4.33. The van der Waals surface area contributed by atoms with Gasteiger partial charge in [0.05, 0.1) is 18.5 Å². The van der Waals surface area contributed by atoms with Gasteiger partial charge in [0.2, 0.25) is 0 Å². The zero-order chi connectivity index (χ0) is 20.9. The zero-order valence-electron chi connectivity index (χ0n) is 16.4. The molecule has 3 atom stereocenters. The SMILES string of the molecule is Clc1ccc(C(Cc2ccc(Cl)cc2Cl)O[C@H]2CCC[C@H](Cn3ccnc3)O2)cc1. The van der Waals surface area contributed by atoms with Crippen LogP contribution in [0.3, 0.4) is 0 Å². The van der Waals surface area contributed by atoms with E-state index in [1.165, 1.54) is 0 Å². The summed E-state index contributed by atoms with van der Waals surface area (Å²) in [6.07, 6.45) is 8.69. The molecule has 1 saturated heterocycles. The predicted octanol–water partition coefficient (Wildman–Crippen LogP) is 6.74. The summed E-state index contributed by atoms with van der Waals surface area (Å²) in [5.74, 6) is 0. The van der Waals surface area contributed by atoms with Crippen molar-refractivity contribution in [2.24, 2.45) is 0 Å². The van der Waals surface area contributed by atoms with Crippen LogP contribution >= 0.6 is 34.8 Å². The molecule has 3 aromatic rings. The first-order valence-electron chi connectivity index (χ1n) is 10.0. The Morgan fingerprint density at radius 2 is 1.87 bits per heavy atom. The van der Waals surface area contributed by atoms with Crippen molar-refractivity contribution in [2.45, 2.75) is 50.7 Å². The van der Waals surface area contributed by atoms with Gasteiger partial charge < -0.3 is 14.0 Å². The van der Waals surface area contributed by atoms with Crippen LogP contribution in [-0.2, 0) is 22.4 Å². The molecule has 30 heavy (non-hydrogen) atoms. The number of hydrogen-bond acceptors (Lipinski definition) is 3. The van der Waals surface area contributed by atoms with Crippen LogP contribution in [0.2, 0.25) is 15.1 Å². The Bertz CT molecular complexity index is 948. The van der Waals surface area contributed by atoms with E-state index < -0.39 is 0 Å². The van der Waals surface area contributed by atoms with Crippen molar-refractivity contribution in [3.63, 3.8) is 0 Å². The highest BCUT2D eigenvalue weighted by atomic mass is 35.5. The summed E-state index contributed by atoms with van der Waals surface area (Å²) in [5.41, 5.74) is 2.01. The maximum absolute atomic E-state index is 6.47. The maximum Gasteiger partial charge on any atom is 0.158 e. The van der Waals surface area contributed by atoms with Crippen LogP contribution < -0.4 is 0 Å². The number of nitrogens with zero attached hydrogens (tertiary/aromatic N) is 2. The molecule has 2 aromatic carbocycles. The van der Waals surface area contributed by atoms with Crippen molar-refractivity contribution in [2.75, 3.05) is 0 Å². The van der Waals surface area contributed by atoms with E-state index in [4.69, 9.17) is 44.3 Å². The van der Waals surface area contributed by atoms with Crippen LogP contribution in [0.1, 0.15) is 36.5 Å². The van der Waals surface area contributed by atoms with Crippen LogP contribution in [0.25, 0.3) is 0 Å². The second-order valence-electron chi connectivity index (χ2n) is 7.49. The monoisotopic (exact) mass is 464 g/mol. The van der Waals surface area contributed by atoms with E-state index in [2.05, 4.69) is 4.98 Å². The highest BCUT2D eigenvalue weighted by Crippen LogP contribution is 2.32. The van der Waals surface area contributed by atoms with Gasteiger partial charge in [-0.3, -0.25) is 0 Å². The Morgan fingerprint density at radius 1 is 1.07 bits per heavy atom. The number of halogens is 3. The molecule has 158 valence electrons. The number of ether oxygens (including phenoxy) is 2. The fraction of sp³-hybridized carbons (Fsp3) is 0.348. The third kappa shape index (κ3) is 5.77. The molecule has 1 unspecified atom stereocenters. The summed E-state index contributed by atoms with van der Waals surface area (Å²) in [4.78, 5) is 4.11. The molecule has 0 amide bonds. The normalized spacial score (nSPS) is 20.2. The molecule has 4 rings (SSSR count). The molecule has 1 aromatic heterocycles. The molecule has 1 fully saturated rings. The summed E-state index contributed by atoms with van der Waals surface area (Å²) < 4.78 is 14.8. The van der Waals surface area contributed by atoms with E-state index in [-0.39, 0.29) is 18.5 Å². The first-order valence-corrected chi connectivity index (χ1v) is 11.2. The molecule has 0 N–H and O–H groups in total. The van der Waals surface area contributed by atoms with Crippen LogP contribution in [0.15, 0.2) is 61.2 Å². The van der Waals surface area contributed by atoms with Crippen LogP contribution in [0.4, 0.5) is 0 Å². The molecule has 1 aliphatic heterocycles. The van der Waals surface area contributed by atoms with Crippen molar-refractivity contribution in [1.82, 2.24) is 9.55 Å². The van der Waals surface area contributed by atoms with Gasteiger partial charge in [-0.05, 0) is 54.7 Å². The van der Waals surface area contributed by atoms with Crippen molar-refractivity contribution in [3.05, 3.63) is 87.4 Å². The molecule has 7 heteroatoms. The minimum absolute atomic E-state index is 0.0999. The Hall–Kier alpha value is -1.56. The zero-order valence-corrected chi connectivity index (χ0v) is 18.7. The van der Waals surface area contributed by atoms with E-state index in [1.54, 1.807) is 12.3 Å².